The highest BCUT2D eigenvalue weighted by Crippen LogP contribution is 2.25. The molecule has 1 aromatic rings. The first-order chi connectivity index (χ1) is 15.9. The maximum atomic E-state index is 12.5. The molecule has 0 saturated carbocycles. The number of amides is 1. The van der Waals surface area contributed by atoms with Crippen LogP contribution in [0.5, 0.6) is 0 Å². The van der Waals surface area contributed by atoms with Crippen molar-refractivity contribution in [1.29, 1.82) is 0 Å². The van der Waals surface area contributed by atoms with E-state index in [1.165, 1.54) is 30.4 Å². The van der Waals surface area contributed by atoms with Crippen molar-refractivity contribution in [2.24, 2.45) is 5.84 Å². The predicted molar refractivity (Wildman–Crippen MR) is 140 cm³/mol. The van der Waals surface area contributed by atoms with Crippen LogP contribution in [0.2, 0.25) is 0 Å². The van der Waals surface area contributed by atoms with E-state index in [2.05, 4.69) is 54.4 Å². The third-order valence-electron chi connectivity index (χ3n) is 5.85. The highest BCUT2D eigenvalue weighted by molar-refractivity contribution is 5.99. The Morgan fingerprint density at radius 1 is 1.27 bits per heavy atom. The fourth-order valence-electron chi connectivity index (χ4n) is 4.05. The van der Waals surface area contributed by atoms with Gasteiger partial charge < -0.3 is 10.2 Å². The molecule has 0 bridgehead atoms. The molecule has 178 valence electrons. The second-order valence-corrected chi connectivity index (χ2v) is 8.51. The van der Waals surface area contributed by atoms with E-state index in [-0.39, 0.29) is 5.91 Å². The van der Waals surface area contributed by atoms with Crippen molar-refractivity contribution in [1.82, 2.24) is 15.6 Å². The Balaban J connectivity index is 2.16. The fourth-order valence-corrected chi connectivity index (χ4v) is 4.05. The molecular formula is C28H40N4O. The molecule has 1 aromatic carbocycles. The van der Waals surface area contributed by atoms with E-state index in [1.807, 2.05) is 38.2 Å². The minimum absolute atomic E-state index is 0.348. The van der Waals surface area contributed by atoms with Gasteiger partial charge in [0.2, 0.25) is 0 Å². The monoisotopic (exact) mass is 448 g/mol. The molecule has 1 aliphatic rings. The minimum Gasteiger partial charge on any atom is -0.380 e. The second-order valence-electron chi connectivity index (χ2n) is 8.51. The van der Waals surface area contributed by atoms with Gasteiger partial charge in [-0.15, -0.1) is 0 Å². The first-order valence-corrected chi connectivity index (χ1v) is 11.9. The third-order valence-corrected chi connectivity index (χ3v) is 5.85. The van der Waals surface area contributed by atoms with Crippen molar-refractivity contribution in [3.8, 4) is 0 Å². The van der Waals surface area contributed by atoms with Gasteiger partial charge in [-0.1, -0.05) is 49.9 Å². The Hall–Kier alpha value is -2.89. The SMILES string of the molecule is C=C(/C=C(\C(=O)NN)C1=Cc2ccc(CCCCN(C)CCC)cc2CN1)C(/C=C\C)=C/C. The lowest BCUT2D eigenvalue weighted by Gasteiger charge is -2.21. The summed E-state index contributed by atoms with van der Waals surface area (Å²) < 4.78 is 0. The smallest absolute Gasteiger partial charge is 0.267 e. The van der Waals surface area contributed by atoms with Gasteiger partial charge in [-0.25, -0.2) is 5.84 Å². The van der Waals surface area contributed by atoms with Gasteiger partial charge >= 0.3 is 0 Å². The molecular weight excluding hydrogens is 408 g/mol. The molecule has 1 amide bonds. The van der Waals surface area contributed by atoms with E-state index < -0.39 is 0 Å². The first kappa shape index (κ1) is 26.4. The molecule has 0 saturated heterocycles. The number of hydrogen-bond donors (Lipinski definition) is 3. The summed E-state index contributed by atoms with van der Waals surface area (Å²) in [5, 5.41) is 3.40. The molecule has 1 heterocycles. The number of carbonyl (C=O) groups is 1. The Bertz CT molecular complexity index is 953. The van der Waals surface area contributed by atoms with Crippen LogP contribution in [0.25, 0.3) is 6.08 Å². The molecule has 0 radical (unpaired) electrons. The normalized spacial score (nSPS) is 14.2. The molecule has 5 heteroatoms. The standard InChI is InChI=1S/C28H40N4O/c1-6-11-23(8-3)21(4)17-26(28(33)31-29)27-19-24-14-13-22(18-25(24)20-30-27)12-9-10-16-32(5)15-7-2/h6,8,11,13-14,17-19,30H,4,7,9-10,12,15-16,20,29H2,1-3,5H3,(H,31,33)/b11-6-,23-8+,26-17-. The lowest BCUT2D eigenvalue weighted by molar-refractivity contribution is -0.117. The number of carbonyl (C=O) groups excluding carboxylic acids is 1. The van der Waals surface area contributed by atoms with Crippen LogP contribution in [0, 0.1) is 0 Å². The summed E-state index contributed by atoms with van der Waals surface area (Å²) in [5.41, 5.74) is 8.92. The van der Waals surface area contributed by atoms with Crippen molar-refractivity contribution in [3.63, 3.8) is 0 Å². The van der Waals surface area contributed by atoms with Gasteiger partial charge in [-0.05, 0) is 99.7 Å². The van der Waals surface area contributed by atoms with E-state index in [0.717, 1.165) is 41.9 Å². The average Bonchev–Trinajstić information content (AvgIpc) is 2.82. The average molecular weight is 449 g/mol. The summed E-state index contributed by atoms with van der Waals surface area (Å²) in [6.45, 7) is 13.2. The third kappa shape index (κ3) is 7.88. The summed E-state index contributed by atoms with van der Waals surface area (Å²) in [4.78, 5) is 15.0. The number of benzene rings is 1. The largest absolute Gasteiger partial charge is 0.380 e. The van der Waals surface area contributed by atoms with Crippen molar-refractivity contribution in [3.05, 3.63) is 88.2 Å². The number of nitrogens with one attached hydrogen (secondary N) is 2. The number of unbranched alkanes of at least 4 members (excludes halogenated alkanes) is 1. The van der Waals surface area contributed by atoms with Crippen molar-refractivity contribution in [2.45, 2.75) is 53.0 Å². The topological polar surface area (TPSA) is 70.4 Å². The molecule has 0 unspecified atom stereocenters. The Morgan fingerprint density at radius 2 is 2.06 bits per heavy atom. The van der Waals surface area contributed by atoms with Crippen LogP contribution in [-0.2, 0) is 17.8 Å². The highest BCUT2D eigenvalue weighted by Gasteiger charge is 2.19. The number of hydrazine groups is 1. The molecule has 0 atom stereocenters. The number of aryl methyl sites for hydroxylation is 1. The number of nitrogens with two attached hydrogens (primary N) is 1. The number of hydrogen-bond acceptors (Lipinski definition) is 4. The number of rotatable bonds is 12. The van der Waals surface area contributed by atoms with Gasteiger partial charge in [0.1, 0.15) is 0 Å². The van der Waals surface area contributed by atoms with E-state index >= 15 is 0 Å². The number of allylic oxidation sites excluding steroid dienone is 6. The molecule has 4 N–H and O–H groups in total. The zero-order valence-electron chi connectivity index (χ0n) is 20.7. The second kappa shape index (κ2) is 13.6. The minimum atomic E-state index is -0.348. The number of nitrogens with zero attached hydrogens (tertiary/aromatic N) is 1. The van der Waals surface area contributed by atoms with Crippen LogP contribution in [-0.4, -0.2) is 30.9 Å². The van der Waals surface area contributed by atoms with E-state index in [1.54, 1.807) is 6.08 Å². The van der Waals surface area contributed by atoms with Gasteiger partial charge in [0.15, 0.2) is 0 Å². The fraction of sp³-hybridized carbons (Fsp3) is 0.393. The molecule has 5 nitrogen and oxygen atoms in total. The summed E-state index contributed by atoms with van der Waals surface area (Å²) in [5.74, 6) is 5.13. The van der Waals surface area contributed by atoms with Crippen molar-refractivity contribution >= 4 is 12.0 Å². The molecule has 0 aliphatic carbocycles. The van der Waals surface area contributed by atoms with Crippen LogP contribution < -0.4 is 16.6 Å². The summed E-state index contributed by atoms with van der Waals surface area (Å²) in [7, 11) is 2.20. The van der Waals surface area contributed by atoms with E-state index in [0.29, 0.717) is 12.1 Å². The van der Waals surface area contributed by atoms with Crippen LogP contribution >= 0.6 is 0 Å². The Kier molecular flexibility index (Phi) is 10.9. The first-order valence-electron chi connectivity index (χ1n) is 11.9. The van der Waals surface area contributed by atoms with Gasteiger partial charge in [-0.3, -0.25) is 10.2 Å². The maximum absolute atomic E-state index is 12.5. The molecule has 0 fully saturated rings. The van der Waals surface area contributed by atoms with Gasteiger partial charge in [0, 0.05) is 12.2 Å². The van der Waals surface area contributed by atoms with E-state index in [4.69, 9.17) is 5.84 Å². The molecule has 2 rings (SSSR count). The highest BCUT2D eigenvalue weighted by atomic mass is 16.2. The maximum Gasteiger partial charge on any atom is 0.267 e. The van der Waals surface area contributed by atoms with Crippen LogP contribution in [0.3, 0.4) is 0 Å². The summed E-state index contributed by atoms with van der Waals surface area (Å²) in [6.07, 6.45) is 14.4. The molecule has 33 heavy (non-hydrogen) atoms. The Morgan fingerprint density at radius 3 is 2.73 bits per heavy atom. The lowest BCUT2D eigenvalue weighted by Crippen LogP contribution is -2.34. The van der Waals surface area contributed by atoms with Gasteiger partial charge in [0.25, 0.3) is 5.91 Å². The Labute approximate surface area is 199 Å². The van der Waals surface area contributed by atoms with E-state index in [9.17, 15) is 4.79 Å². The summed E-state index contributed by atoms with van der Waals surface area (Å²) >= 11 is 0. The summed E-state index contributed by atoms with van der Waals surface area (Å²) in [6, 6.07) is 6.63. The lowest BCUT2D eigenvalue weighted by atomic mass is 9.94. The number of fused-ring (bicyclic) bond motifs is 1. The van der Waals surface area contributed by atoms with Crippen LogP contribution in [0.15, 0.2) is 71.5 Å². The van der Waals surface area contributed by atoms with Crippen molar-refractivity contribution in [2.75, 3.05) is 20.1 Å². The van der Waals surface area contributed by atoms with Gasteiger partial charge in [0.05, 0.1) is 5.57 Å². The van der Waals surface area contributed by atoms with Crippen molar-refractivity contribution < 1.29 is 4.79 Å². The predicted octanol–water partition coefficient (Wildman–Crippen LogP) is 4.79. The zero-order valence-corrected chi connectivity index (χ0v) is 20.7. The zero-order chi connectivity index (χ0) is 24.2. The quantitative estimate of drug-likeness (QED) is 0.107. The molecule has 0 spiro atoms. The van der Waals surface area contributed by atoms with Crippen LogP contribution in [0.4, 0.5) is 0 Å². The molecule has 0 aromatic heterocycles. The van der Waals surface area contributed by atoms with Crippen LogP contribution in [0.1, 0.15) is 56.7 Å². The molecule has 1 aliphatic heterocycles. The van der Waals surface area contributed by atoms with Gasteiger partial charge in [-0.2, -0.15) is 0 Å².